The Labute approximate surface area is 169 Å². The van der Waals surface area contributed by atoms with E-state index in [-0.39, 0.29) is 13.2 Å². The van der Waals surface area contributed by atoms with Gasteiger partial charge in [-0.3, -0.25) is 9.59 Å². The molecule has 0 aromatic rings. The smallest absolute Gasteiger partial charge is 0.421 e. The van der Waals surface area contributed by atoms with Gasteiger partial charge in [-0.05, 0) is 32.6 Å². The van der Waals surface area contributed by atoms with Gasteiger partial charge in [0.25, 0.3) is 0 Å². The number of piperidine rings is 1. The number of urea groups is 1. The van der Waals surface area contributed by atoms with Gasteiger partial charge in [-0.15, -0.1) is 4.28 Å². The maximum absolute atomic E-state index is 12.5. The van der Waals surface area contributed by atoms with E-state index in [0.29, 0.717) is 25.7 Å². The molecular formula is C17H27N3O8S. The molecule has 2 heterocycles. The van der Waals surface area contributed by atoms with Crippen molar-refractivity contribution in [1.29, 1.82) is 0 Å². The van der Waals surface area contributed by atoms with Crippen LogP contribution in [0.4, 0.5) is 4.79 Å². The van der Waals surface area contributed by atoms with Gasteiger partial charge < -0.3 is 15.4 Å². The molecule has 0 aromatic heterocycles. The average Bonchev–Trinajstić information content (AvgIpc) is 2.91. The van der Waals surface area contributed by atoms with Crippen molar-refractivity contribution in [2.75, 3.05) is 19.8 Å². The predicted octanol–water partition coefficient (Wildman–Crippen LogP) is 0.447. The third-order valence-electron chi connectivity index (χ3n) is 5.82. The fraction of sp³-hybridized carbons (Fsp3) is 0.824. The maximum atomic E-state index is 12.5. The molecular weight excluding hydrogens is 406 g/mol. The highest BCUT2D eigenvalue weighted by Crippen LogP contribution is 2.38. The minimum atomic E-state index is -4.61. The van der Waals surface area contributed by atoms with E-state index in [0.717, 1.165) is 24.3 Å². The molecule has 11 nitrogen and oxygen atoms in total. The second kappa shape index (κ2) is 8.44. The largest absolute Gasteiger partial charge is 0.465 e. The molecule has 0 unspecified atom stereocenters. The Morgan fingerprint density at radius 3 is 2.52 bits per heavy atom. The lowest BCUT2D eigenvalue weighted by Gasteiger charge is -2.34. The second-order valence-corrected chi connectivity index (χ2v) is 8.92. The zero-order valence-corrected chi connectivity index (χ0v) is 17.2. The Kier molecular flexibility index (Phi) is 6.34. The van der Waals surface area contributed by atoms with E-state index in [2.05, 4.69) is 0 Å². The average molecular weight is 433 g/mol. The van der Waals surface area contributed by atoms with Gasteiger partial charge >= 0.3 is 22.4 Å². The summed E-state index contributed by atoms with van der Waals surface area (Å²) in [5, 5.41) is 0.718. The number of rotatable bonds is 8. The van der Waals surface area contributed by atoms with Crippen LogP contribution in [0.25, 0.3) is 0 Å². The first kappa shape index (κ1) is 21.8. The molecule has 3 rings (SSSR count). The summed E-state index contributed by atoms with van der Waals surface area (Å²) in [6.45, 7) is 1.61. The molecule has 0 spiro atoms. The van der Waals surface area contributed by atoms with Gasteiger partial charge in [0.15, 0.2) is 0 Å². The van der Waals surface area contributed by atoms with Crippen molar-refractivity contribution < 1.29 is 36.0 Å². The summed E-state index contributed by atoms with van der Waals surface area (Å²) in [7, 11) is -4.61. The van der Waals surface area contributed by atoms with Crippen LogP contribution in [0, 0.1) is 5.41 Å². The lowest BCUT2D eigenvalue weighted by Crippen LogP contribution is -2.47. The van der Waals surface area contributed by atoms with E-state index in [1.54, 1.807) is 6.92 Å². The van der Waals surface area contributed by atoms with E-state index in [9.17, 15) is 22.8 Å². The first-order chi connectivity index (χ1) is 13.7. The molecule has 3 amide bonds. The molecule has 1 saturated carbocycles. The molecule has 0 radical (unpaired) electrons. The maximum Gasteiger partial charge on any atom is 0.421 e. The van der Waals surface area contributed by atoms with E-state index >= 15 is 0 Å². The van der Waals surface area contributed by atoms with E-state index in [4.69, 9.17) is 18.9 Å². The van der Waals surface area contributed by atoms with E-state index < -0.39 is 52.4 Å². The number of carbonyl (C=O) groups is 3. The molecule has 3 aliphatic rings. The summed E-state index contributed by atoms with van der Waals surface area (Å²) in [6.07, 6.45) is 4.10. The molecule has 29 heavy (non-hydrogen) atoms. The number of hydrogen-bond donors (Lipinski definition) is 1. The van der Waals surface area contributed by atoms with Gasteiger partial charge in [0.05, 0.1) is 24.7 Å². The highest BCUT2D eigenvalue weighted by atomic mass is 32.3. The summed E-state index contributed by atoms with van der Waals surface area (Å²) in [6, 6.07) is -2.06. The quantitative estimate of drug-likeness (QED) is 0.543. The SMILES string of the molecule is CCOC(=O)C1(COS(=O)(=O)ON2C(=O)N3C[C@H]2CC[C@H]3C(N)=O)CCCCC1. The van der Waals surface area contributed by atoms with Crippen molar-refractivity contribution in [1.82, 2.24) is 9.96 Å². The molecule has 3 fully saturated rings. The fourth-order valence-electron chi connectivity index (χ4n) is 4.25. The molecule has 12 heteroatoms. The molecule has 2 atom stereocenters. The summed E-state index contributed by atoms with van der Waals surface area (Å²) in [5.41, 5.74) is 4.26. The molecule has 1 aliphatic carbocycles. The zero-order chi connectivity index (χ0) is 21.2. The van der Waals surface area contributed by atoms with Gasteiger partial charge in [-0.1, -0.05) is 19.3 Å². The molecule has 2 saturated heterocycles. The van der Waals surface area contributed by atoms with Crippen LogP contribution in [-0.2, 0) is 33.2 Å². The molecule has 0 aromatic carbocycles. The van der Waals surface area contributed by atoms with Crippen molar-refractivity contribution in [3.8, 4) is 0 Å². The van der Waals surface area contributed by atoms with Crippen LogP contribution in [0.15, 0.2) is 0 Å². The summed E-state index contributed by atoms with van der Waals surface area (Å²) in [5.74, 6) is -1.13. The van der Waals surface area contributed by atoms with Crippen LogP contribution in [0.3, 0.4) is 0 Å². The Bertz CT molecular complexity index is 765. The number of hydroxylamine groups is 2. The van der Waals surface area contributed by atoms with Crippen molar-refractivity contribution in [3.63, 3.8) is 0 Å². The number of esters is 1. The van der Waals surface area contributed by atoms with E-state index in [1.165, 1.54) is 4.90 Å². The van der Waals surface area contributed by atoms with Crippen LogP contribution in [-0.4, -0.2) is 68.1 Å². The van der Waals surface area contributed by atoms with Gasteiger partial charge in [0.2, 0.25) is 5.91 Å². The third kappa shape index (κ3) is 4.48. The summed E-state index contributed by atoms with van der Waals surface area (Å²) < 4.78 is 39.9. The Hall–Kier alpha value is -1.92. The normalized spacial score (nSPS) is 26.4. The van der Waals surface area contributed by atoms with Crippen molar-refractivity contribution in [3.05, 3.63) is 0 Å². The van der Waals surface area contributed by atoms with Gasteiger partial charge in [0, 0.05) is 6.54 Å². The first-order valence-electron chi connectivity index (χ1n) is 9.84. The van der Waals surface area contributed by atoms with Crippen LogP contribution >= 0.6 is 0 Å². The summed E-state index contributed by atoms with van der Waals surface area (Å²) in [4.78, 5) is 37.6. The first-order valence-corrected chi connectivity index (χ1v) is 11.2. The van der Waals surface area contributed by atoms with Crippen molar-refractivity contribution in [2.24, 2.45) is 11.1 Å². The number of nitrogens with zero attached hydrogens (tertiary/aromatic N) is 2. The fourth-order valence-corrected chi connectivity index (χ4v) is 5.05. The van der Waals surface area contributed by atoms with Crippen LogP contribution in [0.5, 0.6) is 0 Å². The number of fused-ring (bicyclic) bond motifs is 2. The number of nitrogens with two attached hydrogens (primary N) is 1. The molecule has 2 N–H and O–H groups in total. The van der Waals surface area contributed by atoms with Crippen molar-refractivity contribution >= 4 is 28.3 Å². The van der Waals surface area contributed by atoms with Crippen LogP contribution in [0.2, 0.25) is 0 Å². The zero-order valence-electron chi connectivity index (χ0n) is 16.4. The minimum absolute atomic E-state index is 0.148. The molecule has 164 valence electrons. The number of primary amides is 1. The predicted molar refractivity (Wildman–Crippen MR) is 98.1 cm³/mol. The highest BCUT2D eigenvalue weighted by molar-refractivity contribution is 7.81. The monoisotopic (exact) mass is 433 g/mol. The van der Waals surface area contributed by atoms with Gasteiger partial charge in [-0.25, -0.2) is 8.98 Å². The van der Waals surface area contributed by atoms with Gasteiger partial charge in [0.1, 0.15) is 6.04 Å². The molecule has 2 bridgehead atoms. The minimum Gasteiger partial charge on any atom is -0.465 e. The van der Waals surface area contributed by atoms with Gasteiger partial charge in [-0.2, -0.15) is 13.5 Å². The standard InChI is InChI=1S/C17H27N3O8S/c1-2-26-15(22)17(8-4-3-5-9-17)11-27-29(24,25)28-20-12-6-7-13(14(18)21)19(10-12)16(20)23/h12-13H,2-11H2,1H3,(H2,18,21)/t12-,13+/m1/s1. The van der Waals surface area contributed by atoms with E-state index in [1.807, 2.05) is 0 Å². The Morgan fingerprint density at radius 2 is 1.90 bits per heavy atom. The third-order valence-corrected chi connectivity index (χ3v) is 6.57. The number of hydrogen-bond acceptors (Lipinski definition) is 8. The van der Waals surface area contributed by atoms with Crippen LogP contribution in [0.1, 0.15) is 51.9 Å². The van der Waals surface area contributed by atoms with Crippen LogP contribution < -0.4 is 5.73 Å². The Balaban J connectivity index is 1.66. The second-order valence-electron chi connectivity index (χ2n) is 7.72. The lowest BCUT2D eigenvalue weighted by atomic mass is 9.75. The summed E-state index contributed by atoms with van der Waals surface area (Å²) >= 11 is 0. The Morgan fingerprint density at radius 1 is 1.21 bits per heavy atom. The topological polar surface area (TPSA) is 146 Å². The number of carbonyl (C=O) groups excluding carboxylic acids is 3. The highest BCUT2D eigenvalue weighted by Gasteiger charge is 2.49. The number of amides is 3. The molecule has 2 aliphatic heterocycles. The van der Waals surface area contributed by atoms with Crippen molar-refractivity contribution in [2.45, 2.75) is 64.0 Å². The lowest BCUT2D eigenvalue weighted by molar-refractivity contribution is -0.160. The number of ether oxygens (including phenoxy) is 1.